The van der Waals surface area contributed by atoms with Gasteiger partial charge in [-0.3, -0.25) is 9.59 Å². The lowest BCUT2D eigenvalue weighted by Gasteiger charge is -2.17. The molecule has 0 unspecified atom stereocenters. The number of hydrogen-bond acceptors (Lipinski definition) is 2. The van der Waals surface area contributed by atoms with E-state index in [4.69, 9.17) is 0 Å². The maximum atomic E-state index is 12.7. The lowest BCUT2D eigenvalue weighted by molar-refractivity contribution is 0.0973. The number of hydrogen-bond donors (Lipinski definition) is 0. The molecule has 0 amide bonds. The van der Waals surface area contributed by atoms with Gasteiger partial charge in [-0.25, -0.2) is 0 Å². The standard InChI is InChI=1S/C31H38O2/c1-3-4-5-6-7-8-9-10-11-12-13-14-15-16-17-18-19-20-23-27-26(2)30(32)28-24-21-22-25-29(28)31(27)33/h3-4,7-8,11-12,15-16,19-22,24-25H,5-6,9-10,13-14,17-18,23H2,1-2H3. The first kappa shape index (κ1) is 26.3. The van der Waals surface area contributed by atoms with Crippen molar-refractivity contribution in [1.29, 1.82) is 0 Å². The Balaban J connectivity index is 1.58. The zero-order valence-corrected chi connectivity index (χ0v) is 20.3. The van der Waals surface area contributed by atoms with Gasteiger partial charge in [-0.1, -0.05) is 85.0 Å². The van der Waals surface area contributed by atoms with Crippen LogP contribution in [0.5, 0.6) is 0 Å². The molecular weight excluding hydrogens is 404 g/mol. The lowest BCUT2D eigenvalue weighted by Crippen LogP contribution is -2.20. The fourth-order valence-electron chi connectivity index (χ4n) is 3.76. The fourth-order valence-corrected chi connectivity index (χ4v) is 3.76. The van der Waals surface area contributed by atoms with Crippen LogP contribution < -0.4 is 0 Å². The number of Topliss-reactive ketones (excluding diaryl/α,β-unsaturated/α-hetero) is 2. The molecule has 2 nitrogen and oxygen atoms in total. The van der Waals surface area contributed by atoms with Crippen LogP contribution in [0, 0.1) is 0 Å². The highest BCUT2D eigenvalue weighted by Gasteiger charge is 2.28. The number of allylic oxidation sites excluding steroid dienone is 12. The second-order valence-corrected chi connectivity index (χ2v) is 8.28. The molecular formula is C31H38O2. The first-order chi connectivity index (χ1) is 16.2. The Kier molecular flexibility index (Phi) is 12.5. The van der Waals surface area contributed by atoms with E-state index in [0.29, 0.717) is 28.7 Å². The monoisotopic (exact) mass is 442 g/mol. The second kappa shape index (κ2) is 15.7. The molecule has 0 heterocycles. The van der Waals surface area contributed by atoms with Gasteiger partial charge >= 0.3 is 0 Å². The van der Waals surface area contributed by atoms with Crippen LogP contribution in [-0.4, -0.2) is 11.6 Å². The van der Waals surface area contributed by atoms with Gasteiger partial charge in [0.25, 0.3) is 0 Å². The molecule has 0 N–H and O–H groups in total. The molecule has 0 saturated heterocycles. The quantitative estimate of drug-likeness (QED) is 0.213. The molecule has 0 saturated carbocycles. The van der Waals surface area contributed by atoms with Crippen molar-refractivity contribution in [2.24, 2.45) is 0 Å². The summed E-state index contributed by atoms with van der Waals surface area (Å²) in [6.45, 7) is 3.83. The van der Waals surface area contributed by atoms with E-state index in [9.17, 15) is 9.59 Å². The number of unbranched alkanes of at least 4 members (excludes halogenated alkanes) is 4. The molecule has 174 valence electrons. The summed E-state index contributed by atoms with van der Waals surface area (Å²) in [5.41, 5.74) is 2.27. The molecule has 0 fully saturated rings. The van der Waals surface area contributed by atoms with Gasteiger partial charge in [-0.15, -0.1) is 0 Å². The molecule has 1 aliphatic carbocycles. The Morgan fingerprint density at radius 1 is 0.576 bits per heavy atom. The van der Waals surface area contributed by atoms with Gasteiger partial charge < -0.3 is 0 Å². The maximum absolute atomic E-state index is 12.7. The summed E-state index contributed by atoms with van der Waals surface area (Å²) in [7, 11) is 0. The van der Waals surface area contributed by atoms with E-state index in [-0.39, 0.29) is 11.6 Å². The van der Waals surface area contributed by atoms with E-state index in [2.05, 4.69) is 61.6 Å². The van der Waals surface area contributed by atoms with Crippen LogP contribution in [-0.2, 0) is 0 Å². The van der Waals surface area contributed by atoms with Gasteiger partial charge in [0, 0.05) is 22.3 Å². The van der Waals surface area contributed by atoms with Gasteiger partial charge in [0.1, 0.15) is 0 Å². The van der Waals surface area contributed by atoms with Crippen molar-refractivity contribution in [1.82, 2.24) is 0 Å². The molecule has 0 spiro atoms. The maximum Gasteiger partial charge on any atom is 0.190 e. The third-order valence-electron chi connectivity index (χ3n) is 5.71. The van der Waals surface area contributed by atoms with E-state index in [0.717, 1.165) is 51.4 Å². The number of rotatable bonds is 14. The van der Waals surface area contributed by atoms with E-state index < -0.39 is 0 Å². The van der Waals surface area contributed by atoms with Crippen LogP contribution in [0.1, 0.15) is 92.4 Å². The van der Waals surface area contributed by atoms with E-state index >= 15 is 0 Å². The van der Waals surface area contributed by atoms with E-state index in [1.165, 1.54) is 0 Å². The van der Waals surface area contributed by atoms with Crippen molar-refractivity contribution >= 4 is 11.6 Å². The molecule has 1 aliphatic rings. The normalized spacial score (nSPS) is 14.8. The minimum atomic E-state index is -0.0258. The highest BCUT2D eigenvalue weighted by Crippen LogP contribution is 2.28. The van der Waals surface area contributed by atoms with Crippen LogP contribution in [0.4, 0.5) is 0 Å². The summed E-state index contributed by atoms with van der Waals surface area (Å²) in [6, 6.07) is 7.10. The Hall–Kier alpha value is -3.00. The topological polar surface area (TPSA) is 34.1 Å². The predicted molar refractivity (Wildman–Crippen MR) is 141 cm³/mol. The van der Waals surface area contributed by atoms with Crippen molar-refractivity contribution in [3.8, 4) is 0 Å². The summed E-state index contributed by atoms with van der Waals surface area (Å²) >= 11 is 0. The molecule has 0 radical (unpaired) electrons. The van der Waals surface area contributed by atoms with Crippen molar-refractivity contribution in [3.63, 3.8) is 0 Å². The minimum absolute atomic E-state index is 0.0132. The van der Waals surface area contributed by atoms with Crippen molar-refractivity contribution in [2.45, 2.75) is 71.6 Å². The van der Waals surface area contributed by atoms with E-state index in [1.807, 2.05) is 12.1 Å². The number of fused-ring (bicyclic) bond motifs is 1. The van der Waals surface area contributed by atoms with Crippen molar-refractivity contribution in [2.75, 3.05) is 0 Å². The minimum Gasteiger partial charge on any atom is -0.289 e. The number of carbonyl (C=O) groups excluding carboxylic acids is 2. The Bertz CT molecular complexity index is 951. The van der Waals surface area contributed by atoms with Crippen LogP contribution in [0.3, 0.4) is 0 Å². The van der Waals surface area contributed by atoms with Gasteiger partial charge in [-0.05, 0) is 71.6 Å². The molecule has 33 heavy (non-hydrogen) atoms. The first-order valence-electron chi connectivity index (χ1n) is 12.3. The Morgan fingerprint density at radius 2 is 0.970 bits per heavy atom. The summed E-state index contributed by atoms with van der Waals surface area (Å²) in [5.74, 6) is -0.0390. The van der Waals surface area contributed by atoms with Crippen LogP contribution >= 0.6 is 0 Å². The number of ketones is 2. The number of benzene rings is 1. The molecule has 0 aliphatic heterocycles. The second-order valence-electron chi connectivity index (χ2n) is 8.28. The third-order valence-corrected chi connectivity index (χ3v) is 5.71. The predicted octanol–water partition coefficient (Wildman–Crippen LogP) is 8.69. The lowest BCUT2D eigenvalue weighted by atomic mass is 9.83. The van der Waals surface area contributed by atoms with Gasteiger partial charge in [0.05, 0.1) is 0 Å². The zero-order valence-electron chi connectivity index (χ0n) is 20.3. The molecule has 2 heteroatoms. The molecule has 1 aromatic rings. The van der Waals surface area contributed by atoms with Crippen LogP contribution in [0.25, 0.3) is 0 Å². The largest absolute Gasteiger partial charge is 0.289 e. The Labute approximate surface area is 200 Å². The molecule has 0 atom stereocenters. The summed E-state index contributed by atoms with van der Waals surface area (Å²) in [5, 5.41) is 0. The summed E-state index contributed by atoms with van der Waals surface area (Å²) in [6.07, 6.45) is 31.1. The number of carbonyl (C=O) groups is 2. The third kappa shape index (κ3) is 9.18. The Morgan fingerprint density at radius 3 is 1.42 bits per heavy atom. The average molecular weight is 443 g/mol. The smallest absolute Gasteiger partial charge is 0.190 e. The molecule has 1 aromatic carbocycles. The van der Waals surface area contributed by atoms with Gasteiger partial charge in [0.15, 0.2) is 11.6 Å². The van der Waals surface area contributed by atoms with Crippen LogP contribution in [0.2, 0.25) is 0 Å². The van der Waals surface area contributed by atoms with Crippen molar-refractivity contribution in [3.05, 3.63) is 107 Å². The highest BCUT2D eigenvalue weighted by atomic mass is 16.1. The summed E-state index contributed by atoms with van der Waals surface area (Å²) in [4.78, 5) is 25.2. The SMILES string of the molecule is CC=CCCC=CCCC=CCCC=CCCC=CCC1=C(C)C(=O)c2ccccc2C1=O. The average Bonchev–Trinajstić information content (AvgIpc) is 2.83. The fraction of sp³-hybridized carbons (Fsp3) is 0.355. The first-order valence-corrected chi connectivity index (χ1v) is 12.3. The summed E-state index contributed by atoms with van der Waals surface area (Å²) < 4.78 is 0. The van der Waals surface area contributed by atoms with Gasteiger partial charge in [-0.2, -0.15) is 0 Å². The molecule has 0 aromatic heterocycles. The van der Waals surface area contributed by atoms with Gasteiger partial charge in [0.2, 0.25) is 0 Å². The molecule has 2 rings (SSSR count). The molecule has 0 bridgehead atoms. The zero-order chi connectivity index (χ0) is 23.7. The van der Waals surface area contributed by atoms with Crippen LogP contribution in [0.15, 0.2) is 96.2 Å². The van der Waals surface area contributed by atoms with E-state index in [1.54, 1.807) is 25.1 Å². The highest BCUT2D eigenvalue weighted by molar-refractivity contribution is 6.26. The van der Waals surface area contributed by atoms with Crippen molar-refractivity contribution < 1.29 is 9.59 Å².